The van der Waals surface area contributed by atoms with Crippen molar-refractivity contribution in [3.63, 3.8) is 0 Å². The van der Waals surface area contributed by atoms with Gasteiger partial charge in [0.2, 0.25) is 5.91 Å². The van der Waals surface area contributed by atoms with Crippen LogP contribution in [0.25, 0.3) is 0 Å². The van der Waals surface area contributed by atoms with Crippen LogP contribution in [0, 0.1) is 12.8 Å². The number of amides is 1. The molecule has 0 bridgehead atoms. The fourth-order valence-electron chi connectivity index (χ4n) is 2.50. The first kappa shape index (κ1) is 19.2. The predicted molar refractivity (Wildman–Crippen MR) is 97.7 cm³/mol. The molecule has 0 aliphatic heterocycles. The lowest BCUT2D eigenvalue weighted by Gasteiger charge is -2.20. The second-order valence-electron chi connectivity index (χ2n) is 5.69. The third kappa shape index (κ3) is 5.38. The summed E-state index contributed by atoms with van der Waals surface area (Å²) < 4.78 is 0. The lowest BCUT2D eigenvalue weighted by molar-refractivity contribution is -0.125. The number of carbonyl (C=O) groups is 1. The van der Waals surface area contributed by atoms with E-state index in [4.69, 9.17) is 5.73 Å². The normalized spacial score (nSPS) is 12.8. The fourth-order valence-corrected chi connectivity index (χ4v) is 2.50. The second kappa shape index (κ2) is 9.33. The number of nitrogens with two attached hydrogens (primary N) is 1. The van der Waals surface area contributed by atoms with E-state index < -0.39 is 0 Å². The largest absolute Gasteiger partial charge is 0.355 e. The summed E-state index contributed by atoms with van der Waals surface area (Å²) in [5, 5.41) is 2.99. The molecule has 2 unspecified atom stereocenters. The standard InChI is InChI=1S/C19H24N2O.ClH/c1-14-8-6-7-9-16(14)12-13-21-19(22)15(2)18(20)17-10-4-3-5-11-17;/h3-11,15,18H,12-13,20H2,1-2H3,(H,21,22);1H. The van der Waals surface area contributed by atoms with E-state index in [1.165, 1.54) is 11.1 Å². The molecule has 0 saturated carbocycles. The van der Waals surface area contributed by atoms with E-state index in [2.05, 4.69) is 24.4 Å². The number of rotatable bonds is 6. The highest BCUT2D eigenvalue weighted by Gasteiger charge is 2.21. The van der Waals surface area contributed by atoms with Gasteiger partial charge in [0.05, 0.1) is 5.92 Å². The van der Waals surface area contributed by atoms with Crippen molar-refractivity contribution in [2.24, 2.45) is 11.7 Å². The lowest BCUT2D eigenvalue weighted by Crippen LogP contribution is -2.36. The molecular weight excluding hydrogens is 308 g/mol. The number of aryl methyl sites for hydroxylation is 1. The Morgan fingerprint density at radius 3 is 2.35 bits per heavy atom. The van der Waals surface area contributed by atoms with E-state index >= 15 is 0 Å². The minimum absolute atomic E-state index is 0. The molecular formula is C19H25ClN2O. The number of hydrogen-bond acceptors (Lipinski definition) is 2. The van der Waals surface area contributed by atoms with Crippen LogP contribution in [0.2, 0.25) is 0 Å². The minimum atomic E-state index is -0.278. The molecule has 2 rings (SSSR count). The van der Waals surface area contributed by atoms with E-state index in [0.29, 0.717) is 6.54 Å². The number of carbonyl (C=O) groups excluding carboxylic acids is 1. The molecule has 1 amide bonds. The van der Waals surface area contributed by atoms with Gasteiger partial charge in [0.15, 0.2) is 0 Å². The topological polar surface area (TPSA) is 55.1 Å². The Hall–Kier alpha value is -1.84. The summed E-state index contributed by atoms with van der Waals surface area (Å²) in [5.41, 5.74) is 9.70. The summed E-state index contributed by atoms with van der Waals surface area (Å²) in [6, 6.07) is 17.7. The van der Waals surface area contributed by atoms with E-state index in [1.54, 1.807) is 0 Å². The predicted octanol–water partition coefficient (Wildman–Crippen LogP) is 3.41. The monoisotopic (exact) mass is 332 g/mol. The maximum absolute atomic E-state index is 12.2. The van der Waals surface area contributed by atoms with Crippen molar-refractivity contribution in [2.45, 2.75) is 26.3 Å². The molecule has 0 heterocycles. The molecule has 0 fully saturated rings. The van der Waals surface area contributed by atoms with E-state index in [-0.39, 0.29) is 30.3 Å². The summed E-state index contributed by atoms with van der Waals surface area (Å²) >= 11 is 0. The van der Waals surface area contributed by atoms with Gasteiger partial charge in [0, 0.05) is 12.6 Å². The molecule has 0 saturated heterocycles. The van der Waals surface area contributed by atoms with Crippen molar-refractivity contribution >= 4 is 18.3 Å². The first-order valence-corrected chi connectivity index (χ1v) is 7.72. The summed E-state index contributed by atoms with van der Waals surface area (Å²) in [4.78, 5) is 12.2. The first-order valence-electron chi connectivity index (χ1n) is 7.72. The van der Waals surface area contributed by atoms with E-state index in [0.717, 1.165) is 12.0 Å². The second-order valence-corrected chi connectivity index (χ2v) is 5.69. The van der Waals surface area contributed by atoms with Gasteiger partial charge in [-0.1, -0.05) is 61.5 Å². The molecule has 4 heteroatoms. The maximum Gasteiger partial charge on any atom is 0.224 e. The lowest BCUT2D eigenvalue weighted by atomic mass is 9.94. The van der Waals surface area contributed by atoms with Crippen LogP contribution in [0.5, 0.6) is 0 Å². The van der Waals surface area contributed by atoms with Crippen molar-refractivity contribution in [3.05, 3.63) is 71.3 Å². The summed E-state index contributed by atoms with van der Waals surface area (Å²) in [6.07, 6.45) is 0.839. The van der Waals surface area contributed by atoms with Gasteiger partial charge in [0.25, 0.3) is 0 Å². The average molecular weight is 333 g/mol. The van der Waals surface area contributed by atoms with Crippen molar-refractivity contribution in [1.29, 1.82) is 0 Å². The molecule has 2 aromatic rings. The Bertz CT molecular complexity index is 616. The highest BCUT2D eigenvalue weighted by Crippen LogP contribution is 2.19. The molecule has 2 atom stereocenters. The quantitative estimate of drug-likeness (QED) is 0.851. The molecule has 0 radical (unpaired) electrons. The van der Waals surface area contributed by atoms with Crippen LogP contribution in [0.1, 0.15) is 29.7 Å². The third-order valence-electron chi connectivity index (χ3n) is 4.09. The Morgan fingerprint density at radius 2 is 1.70 bits per heavy atom. The molecule has 2 aromatic carbocycles. The average Bonchev–Trinajstić information content (AvgIpc) is 2.56. The van der Waals surface area contributed by atoms with Gasteiger partial charge < -0.3 is 11.1 Å². The maximum atomic E-state index is 12.2. The Kier molecular flexibility index (Phi) is 7.79. The summed E-state index contributed by atoms with van der Waals surface area (Å²) in [7, 11) is 0. The molecule has 124 valence electrons. The first-order chi connectivity index (χ1) is 10.6. The molecule has 0 aliphatic rings. The van der Waals surface area contributed by atoms with Crippen molar-refractivity contribution in [3.8, 4) is 0 Å². The zero-order valence-electron chi connectivity index (χ0n) is 13.7. The van der Waals surface area contributed by atoms with Gasteiger partial charge in [0.1, 0.15) is 0 Å². The third-order valence-corrected chi connectivity index (χ3v) is 4.09. The number of nitrogens with one attached hydrogen (secondary N) is 1. The van der Waals surface area contributed by atoms with E-state index in [1.807, 2.05) is 49.4 Å². The molecule has 23 heavy (non-hydrogen) atoms. The van der Waals surface area contributed by atoms with Crippen LogP contribution in [-0.2, 0) is 11.2 Å². The zero-order chi connectivity index (χ0) is 15.9. The van der Waals surface area contributed by atoms with Crippen LogP contribution in [0.15, 0.2) is 54.6 Å². The minimum Gasteiger partial charge on any atom is -0.355 e. The Labute approximate surface area is 144 Å². The Balaban J connectivity index is 0.00000264. The van der Waals surface area contributed by atoms with Gasteiger partial charge in [-0.15, -0.1) is 12.4 Å². The number of hydrogen-bond donors (Lipinski definition) is 2. The van der Waals surface area contributed by atoms with Crippen molar-refractivity contribution < 1.29 is 4.79 Å². The van der Waals surface area contributed by atoms with E-state index in [9.17, 15) is 4.79 Å². The smallest absolute Gasteiger partial charge is 0.224 e. The van der Waals surface area contributed by atoms with Gasteiger partial charge in [-0.3, -0.25) is 4.79 Å². The Morgan fingerprint density at radius 1 is 1.09 bits per heavy atom. The molecule has 0 aliphatic carbocycles. The van der Waals surface area contributed by atoms with Gasteiger partial charge in [-0.05, 0) is 30.0 Å². The van der Waals surface area contributed by atoms with Crippen LogP contribution < -0.4 is 11.1 Å². The number of halogens is 1. The summed E-state index contributed by atoms with van der Waals surface area (Å²) in [6.45, 7) is 4.60. The van der Waals surface area contributed by atoms with Crippen molar-refractivity contribution in [1.82, 2.24) is 5.32 Å². The zero-order valence-corrected chi connectivity index (χ0v) is 14.5. The molecule has 0 spiro atoms. The molecule has 3 nitrogen and oxygen atoms in total. The van der Waals surface area contributed by atoms with Gasteiger partial charge in [-0.2, -0.15) is 0 Å². The number of benzene rings is 2. The fraction of sp³-hybridized carbons (Fsp3) is 0.316. The van der Waals surface area contributed by atoms with Crippen LogP contribution >= 0.6 is 12.4 Å². The highest BCUT2D eigenvalue weighted by molar-refractivity contribution is 5.85. The van der Waals surface area contributed by atoms with Gasteiger partial charge in [-0.25, -0.2) is 0 Å². The molecule has 3 N–H and O–H groups in total. The summed E-state index contributed by atoms with van der Waals surface area (Å²) in [5.74, 6) is -0.246. The molecule has 0 aromatic heterocycles. The van der Waals surface area contributed by atoms with Crippen LogP contribution in [-0.4, -0.2) is 12.5 Å². The van der Waals surface area contributed by atoms with Crippen LogP contribution in [0.4, 0.5) is 0 Å². The highest BCUT2D eigenvalue weighted by atomic mass is 35.5. The SMILES string of the molecule is Cc1ccccc1CCNC(=O)C(C)C(N)c1ccccc1.Cl. The van der Waals surface area contributed by atoms with Crippen LogP contribution in [0.3, 0.4) is 0 Å². The van der Waals surface area contributed by atoms with Gasteiger partial charge >= 0.3 is 0 Å². The van der Waals surface area contributed by atoms with Crippen molar-refractivity contribution in [2.75, 3.05) is 6.54 Å².